The Kier molecular flexibility index (Phi) is 17.8. The van der Waals surface area contributed by atoms with Crippen LogP contribution in [0.4, 0.5) is 34.1 Å². The Hall–Kier alpha value is -17.8. The van der Waals surface area contributed by atoms with E-state index in [9.17, 15) is 0 Å². The van der Waals surface area contributed by atoms with Crippen molar-refractivity contribution < 1.29 is 23.0 Å². The second kappa shape index (κ2) is 31.2. The minimum atomic E-state index is -0.503. The normalized spacial score (nSPS) is 13.6. The molecule has 8 nitrogen and oxygen atoms in total. The van der Waals surface area contributed by atoms with Crippen LogP contribution in [0.15, 0.2) is 482 Å². The maximum absolute atomic E-state index is 6.67. The number of fused-ring (bicyclic) bond motifs is 36. The highest BCUT2D eigenvalue weighted by atomic mass is 32.1. The average molecular weight is 1790 g/mol. The van der Waals surface area contributed by atoms with Crippen molar-refractivity contribution in [3.8, 4) is 101 Å². The second-order valence-corrected chi connectivity index (χ2v) is 37.4. The summed E-state index contributed by atoms with van der Waals surface area (Å²) in [4.78, 5) is 0. The van der Waals surface area contributed by atoms with Gasteiger partial charge in [-0.25, -0.2) is 0 Å². The Morgan fingerprint density at radius 2 is 0.486 bits per heavy atom. The van der Waals surface area contributed by atoms with Gasteiger partial charge in [-0.1, -0.05) is 334 Å². The zero-order valence-corrected chi connectivity index (χ0v) is 75.3. The molecule has 0 saturated heterocycles. The molecule has 6 heterocycles. The van der Waals surface area contributed by atoms with Crippen LogP contribution < -0.4 is 30.2 Å². The highest BCUT2D eigenvalue weighted by Crippen LogP contribution is 2.67. The topological polar surface area (TPSA) is 90.1 Å². The molecule has 0 unspecified atom stereocenters. The second-order valence-electron chi connectivity index (χ2n) is 36.4. The van der Waals surface area contributed by atoms with Gasteiger partial charge in [0.25, 0.3) is 0 Å². The number of para-hydroxylation sites is 6. The number of thiophene rings is 1. The molecule has 0 atom stereocenters. The minimum absolute atomic E-state index is 0.471. The summed E-state index contributed by atoms with van der Waals surface area (Å²) in [6.07, 6.45) is 0. The van der Waals surface area contributed by atoms with Crippen LogP contribution in [-0.2, 0) is 16.2 Å². The number of anilines is 6. The fraction of sp³-hybridized carbons (Fsp3) is 0.0233. The summed E-state index contributed by atoms with van der Waals surface area (Å²) in [6, 6.07) is 169. The maximum Gasteiger partial charge on any atom is 0.137 e. The van der Waals surface area contributed by atoms with E-state index in [-0.39, 0.29) is 0 Å². The van der Waals surface area contributed by atoms with Crippen molar-refractivity contribution in [2.45, 2.75) is 16.2 Å². The monoisotopic (exact) mass is 1780 g/mol. The molecule has 3 aromatic heterocycles. The number of rotatable bonds is 9. The minimum Gasteiger partial charge on any atom is -0.457 e. The van der Waals surface area contributed by atoms with Gasteiger partial charge in [0.2, 0.25) is 0 Å². The molecule has 30 rings (SSSR count). The van der Waals surface area contributed by atoms with Crippen LogP contribution in [0.3, 0.4) is 0 Å². The molecular formula is C129H81N3O5S. The molecule has 0 amide bonds. The first-order chi connectivity index (χ1) is 68.4. The van der Waals surface area contributed by atoms with Gasteiger partial charge in [0.1, 0.15) is 56.8 Å². The first-order valence-corrected chi connectivity index (χ1v) is 47.9. The summed E-state index contributed by atoms with van der Waals surface area (Å²) in [5, 5.41) is 18.2. The first-order valence-electron chi connectivity index (χ1n) is 47.0. The van der Waals surface area contributed by atoms with Gasteiger partial charge < -0.3 is 39.0 Å². The summed E-state index contributed by atoms with van der Waals surface area (Å²) in [6.45, 7) is 0. The van der Waals surface area contributed by atoms with Crippen molar-refractivity contribution in [3.63, 3.8) is 0 Å². The lowest BCUT2D eigenvalue weighted by molar-refractivity contribution is 0.436. The Bertz CT molecular complexity index is 9030. The molecule has 9 heteroatoms. The van der Waals surface area contributed by atoms with E-state index < -0.39 is 16.2 Å². The lowest BCUT2D eigenvalue weighted by Gasteiger charge is -2.39. The Morgan fingerprint density at radius 1 is 0.174 bits per heavy atom. The molecule has 3 N–H and O–H groups in total. The molecule has 21 aromatic carbocycles. The van der Waals surface area contributed by atoms with Gasteiger partial charge in [0.05, 0.1) is 38.4 Å². The molecule has 138 heavy (non-hydrogen) atoms. The molecule has 648 valence electrons. The Labute approximate surface area is 800 Å². The molecule has 3 aliphatic carbocycles. The number of ether oxygens (including phenoxy) is 3. The van der Waals surface area contributed by atoms with Gasteiger partial charge in [-0.3, -0.25) is 0 Å². The van der Waals surface area contributed by atoms with E-state index in [2.05, 4.69) is 441 Å². The number of hydrogen-bond donors (Lipinski definition) is 3. The van der Waals surface area contributed by atoms with Crippen LogP contribution >= 0.6 is 11.3 Å². The SMILES string of the molecule is c1cc(Nc2cccc3sc4ccccc4c23)cc(-c2ccc3c(c2)C2(c4ccccc4O3)c3ccccc3-c3ccccc32)c1.c1ccc(-c2ccc3c(c2)C2(c4ccccc4O3)c3ccccc3-c3ccccc32)c(Nc2cccc3oc4ccccc4c23)c1.c1ccc2c(c1)Oc1ccc(-c3ccc(Nc4cccc5oc6ccccc6c45)cc3)cc1C21c2ccccc2-c2ccccc21. The number of benzene rings is 21. The smallest absolute Gasteiger partial charge is 0.137 e. The quantitative estimate of drug-likeness (QED) is 0.132. The predicted octanol–water partition coefficient (Wildman–Crippen LogP) is 34.9. The van der Waals surface area contributed by atoms with Crippen molar-refractivity contribution in [3.05, 3.63) is 540 Å². The highest BCUT2D eigenvalue weighted by molar-refractivity contribution is 7.26. The van der Waals surface area contributed by atoms with Gasteiger partial charge in [-0.05, 0) is 234 Å². The molecular weight excluding hydrogens is 1700 g/mol. The molecule has 24 aromatic rings. The van der Waals surface area contributed by atoms with Gasteiger partial charge >= 0.3 is 0 Å². The van der Waals surface area contributed by atoms with Crippen molar-refractivity contribution >= 4 is 110 Å². The lowest BCUT2D eigenvalue weighted by Crippen LogP contribution is -2.32. The van der Waals surface area contributed by atoms with Crippen LogP contribution in [0.1, 0.15) is 66.8 Å². The zero-order chi connectivity index (χ0) is 90.7. The predicted molar refractivity (Wildman–Crippen MR) is 564 cm³/mol. The summed E-state index contributed by atoms with van der Waals surface area (Å²) in [7, 11) is 0. The average Bonchev–Trinajstić information content (AvgIpc) is 1.43. The van der Waals surface area contributed by atoms with E-state index in [1.165, 1.54) is 115 Å². The first kappa shape index (κ1) is 78.9. The molecule has 0 saturated carbocycles. The number of hydrogen-bond acceptors (Lipinski definition) is 9. The Morgan fingerprint density at radius 3 is 0.964 bits per heavy atom. The Balaban J connectivity index is 0.000000102. The van der Waals surface area contributed by atoms with Crippen LogP contribution in [0.25, 0.3) is 131 Å². The van der Waals surface area contributed by atoms with Crippen molar-refractivity contribution in [1.29, 1.82) is 0 Å². The summed E-state index contributed by atoms with van der Waals surface area (Å²) < 4.78 is 34.8. The van der Waals surface area contributed by atoms with Crippen molar-refractivity contribution in [1.82, 2.24) is 0 Å². The standard InChI is InChI=1S/2C43H27NO2.C43H27NOS/c1-5-16-32-29(13-1)30-14-2-6-17-33(30)43(32)34-18-7-10-22-39(34)46-40-25-24-27(26-35(40)43)28-12-3-8-19-36(28)44-37-20-11-23-41-42(37)31-15-4-9-21-38(31)45-41;1-4-13-33-30(10-1)31-11-2-5-14-34(31)43(33)35-15-6-8-18-39(35)46-40-25-22-28(26-36(40)43)27-20-23-29(24-21-27)44-37-16-9-19-41-42(37)32-12-3-7-17-38(32)45-41;1-4-16-33-30(13-1)31-14-2-5-17-34(31)43(33)35-18-6-7-20-38(35)45-39-24-23-28(26-36(39)43)27-11-9-12-29(25-27)44-37-19-10-22-41-42(37)32-15-3-8-21-40(32)46-41/h3*1-26,44H. The van der Waals surface area contributed by atoms with E-state index >= 15 is 0 Å². The molecule has 6 aliphatic rings. The van der Waals surface area contributed by atoms with E-state index in [4.69, 9.17) is 23.0 Å². The van der Waals surface area contributed by atoms with Gasteiger partial charge in [0.15, 0.2) is 0 Å². The van der Waals surface area contributed by atoms with Crippen molar-refractivity contribution in [2.24, 2.45) is 0 Å². The van der Waals surface area contributed by atoms with Crippen LogP contribution in [0, 0.1) is 0 Å². The summed E-state index contributed by atoms with van der Waals surface area (Å²) >= 11 is 1.84. The van der Waals surface area contributed by atoms with Crippen LogP contribution in [0.5, 0.6) is 34.5 Å². The fourth-order valence-corrected chi connectivity index (χ4v) is 24.7. The third-order valence-corrected chi connectivity index (χ3v) is 30.4. The van der Waals surface area contributed by atoms with Gasteiger partial charge in [-0.2, -0.15) is 0 Å². The van der Waals surface area contributed by atoms with E-state index in [1.807, 2.05) is 59.9 Å². The van der Waals surface area contributed by atoms with Crippen LogP contribution in [0.2, 0.25) is 0 Å². The number of nitrogens with one attached hydrogen (secondary N) is 3. The van der Waals surface area contributed by atoms with E-state index in [0.717, 1.165) is 151 Å². The third-order valence-electron chi connectivity index (χ3n) is 29.2. The summed E-state index contributed by atoms with van der Waals surface area (Å²) in [5.74, 6) is 5.40. The van der Waals surface area contributed by atoms with Gasteiger partial charge in [-0.15, -0.1) is 11.3 Å². The molecule has 0 fully saturated rings. The third kappa shape index (κ3) is 11.9. The maximum atomic E-state index is 6.67. The molecule has 0 radical (unpaired) electrons. The fourth-order valence-electron chi connectivity index (χ4n) is 23.6. The zero-order valence-electron chi connectivity index (χ0n) is 74.5. The lowest BCUT2D eigenvalue weighted by atomic mass is 9.66. The highest BCUT2D eigenvalue weighted by Gasteiger charge is 2.55. The van der Waals surface area contributed by atoms with Crippen LogP contribution in [-0.4, -0.2) is 0 Å². The molecule has 0 bridgehead atoms. The number of furan rings is 2. The molecule has 3 aliphatic heterocycles. The summed E-state index contributed by atoms with van der Waals surface area (Å²) in [5.41, 5.74) is 37.7. The van der Waals surface area contributed by atoms with E-state index in [1.54, 1.807) is 0 Å². The van der Waals surface area contributed by atoms with Gasteiger partial charge in [0, 0.05) is 92.6 Å². The van der Waals surface area contributed by atoms with E-state index in [0.29, 0.717) is 0 Å². The largest absolute Gasteiger partial charge is 0.457 e. The molecule has 3 spiro atoms. The van der Waals surface area contributed by atoms with Crippen molar-refractivity contribution in [2.75, 3.05) is 16.0 Å².